The number of carbonyl (C=O) groups is 2. The molecular formula is C35H43N3O8. The zero-order valence-corrected chi connectivity index (χ0v) is 27.0. The highest BCUT2D eigenvalue weighted by Gasteiger charge is 2.53. The van der Waals surface area contributed by atoms with Gasteiger partial charge in [0.05, 0.1) is 20.8 Å². The zero-order chi connectivity index (χ0) is 33.2. The first-order valence-corrected chi connectivity index (χ1v) is 15.2. The first-order chi connectivity index (χ1) is 22.1. The van der Waals surface area contributed by atoms with E-state index in [0.29, 0.717) is 41.4 Å². The Balaban J connectivity index is 1.71. The van der Waals surface area contributed by atoms with Crippen LogP contribution in [0.1, 0.15) is 62.8 Å². The van der Waals surface area contributed by atoms with Crippen LogP contribution >= 0.6 is 0 Å². The number of rotatable bonds is 15. The summed E-state index contributed by atoms with van der Waals surface area (Å²) in [6, 6.07) is 21.8. The van der Waals surface area contributed by atoms with E-state index in [1.165, 1.54) is 0 Å². The Labute approximate surface area is 269 Å². The predicted molar refractivity (Wildman–Crippen MR) is 173 cm³/mol. The van der Waals surface area contributed by atoms with Gasteiger partial charge in [-0.1, -0.05) is 30.3 Å². The first-order valence-electron chi connectivity index (χ1n) is 15.2. The summed E-state index contributed by atoms with van der Waals surface area (Å²) in [6.45, 7) is 6.06. The Morgan fingerprint density at radius 2 is 1.74 bits per heavy atom. The first kappa shape index (κ1) is 34.3. The lowest BCUT2D eigenvalue weighted by Gasteiger charge is -2.31. The number of methoxy groups -OCH3 is 2. The van der Waals surface area contributed by atoms with E-state index in [1.54, 1.807) is 71.4 Å². The number of nitrogens with one attached hydrogen (secondary N) is 2. The molecule has 46 heavy (non-hydrogen) atoms. The van der Waals surface area contributed by atoms with Gasteiger partial charge in [-0.3, -0.25) is 15.0 Å². The monoisotopic (exact) mass is 633 g/mol. The molecule has 246 valence electrons. The molecule has 0 bridgehead atoms. The number of aliphatic hydroxyl groups excluding tert-OH is 1. The smallest absolute Gasteiger partial charge is 0.306 e. The van der Waals surface area contributed by atoms with E-state index >= 15 is 0 Å². The van der Waals surface area contributed by atoms with E-state index in [9.17, 15) is 9.59 Å². The number of amides is 1. The number of aliphatic imine (C=N–C) groups is 1. The minimum atomic E-state index is -1.57. The van der Waals surface area contributed by atoms with Gasteiger partial charge < -0.3 is 28.8 Å². The number of carbonyl (C=O) groups excluding carboxylic acids is 2. The molecule has 11 heteroatoms. The number of hydrogen-bond donors (Lipinski definition) is 3. The molecule has 3 N–H and O–H groups in total. The molecule has 0 fully saturated rings. The van der Waals surface area contributed by atoms with Crippen molar-refractivity contribution in [1.82, 2.24) is 10.9 Å². The normalized spacial score (nSPS) is 17.4. The van der Waals surface area contributed by atoms with E-state index in [1.807, 2.05) is 36.4 Å². The average Bonchev–Trinajstić information content (AvgIpc) is 3.44. The molecule has 0 saturated carbocycles. The minimum Gasteiger partial charge on any atom is -0.497 e. The molecule has 2 atom stereocenters. The molecule has 1 aliphatic rings. The largest absolute Gasteiger partial charge is 0.497 e. The van der Waals surface area contributed by atoms with Crippen molar-refractivity contribution < 1.29 is 38.4 Å². The molecule has 0 unspecified atom stereocenters. The fourth-order valence-electron chi connectivity index (χ4n) is 5.04. The number of para-hydroxylation sites is 1. The number of hydrogen-bond acceptors (Lipinski definition) is 10. The summed E-state index contributed by atoms with van der Waals surface area (Å²) in [4.78, 5) is 32.2. The Kier molecular flexibility index (Phi) is 11.6. The topological polar surface area (TPSA) is 137 Å². The molecule has 0 saturated heterocycles. The van der Waals surface area contributed by atoms with Gasteiger partial charge in [0.25, 0.3) is 5.91 Å². The quantitative estimate of drug-likeness (QED) is 0.124. The van der Waals surface area contributed by atoms with Crippen molar-refractivity contribution in [3.8, 4) is 17.2 Å². The number of esters is 1. The lowest BCUT2D eigenvalue weighted by molar-refractivity contribution is -0.155. The third-order valence-electron chi connectivity index (χ3n) is 7.23. The second kappa shape index (κ2) is 15.6. The molecule has 1 amide bonds. The van der Waals surface area contributed by atoms with Crippen LogP contribution in [0.25, 0.3) is 0 Å². The highest BCUT2D eigenvalue weighted by atomic mass is 16.6. The predicted octanol–water partition coefficient (Wildman–Crippen LogP) is 4.66. The van der Waals surface area contributed by atoms with Gasteiger partial charge in [0.1, 0.15) is 22.8 Å². The van der Waals surface area contributed by atoms with Crippen molar-refractivity contribution in [2.75, 3.05) is 27.4 Å². The van der Waals surface area contributed by atoms with Crippen LogP contribution in [0, 0.1) is 0 Å². The van der Waals surface area contributed by atoms with E-state index in [-0.39, 0.29) is 31.9 Å². The SMILES string of the molecule is COc1cccc([C@@H]2OC(c3ccc(OCCCO)cc3)=N[C@]2(CCC(=O)OC(C)(C)C)C(=O)NNCc2ccccc2OC)c1. The van der Waals surface area contributed by atoms with Crippen molar-refractivity contribution in [3.05, 3.63) is 89.5 Å². The second-order valence-electron chi connectivity index (χ2n) is 11.8. The van der Waals surface area contributed by atoms with Crippen molar-refractivity contribution >= 4 is 17.8 Å². The Morgan fingerprint density at radius 3 is 2.43 bits per heavy atom. The third-order valence-corrected chi connectivity index (χ3v) is 7.23. The number of hydrazine groups is 1. The van der Waals surface area contributed by atoms with E-state index in [0.717, 1.165) is 5.56 Å². The van der Waals surface area contributed by atoms with Gasteiger partial charge in [0.15, 0.2) is 11.6 Å². The molecule has 3 aromatic carbocycles. The van der Waals surface area contributed by atoms with Gasteiger partial charge in [-0.15, -0.1) is 0 Å². The fraction of sp³-hybridized carbons (Fsp3) is 0.400. The number of nitrogens with zero attached hydrogens (tertiary/aromatic N) is 1. The van der Waals surface area contributed by atoms with Crippen LogP contribution in [-0.2, 0) is 25.6 Å². The second-order valence-corrected chi connectivity index (χ2v) is 11.8. The Hall–Kier alpha value is -4.61. The van der Waals surface area contributed by atoms with Crippen LogP contribution < -0.4 is 25.1 Å². The molecule has 1 heterocycles. The standard InChI is InChI=1S/C35H43N3O8/c1-34(2,3)46-30(40)18-19-35(33(41)38-36-23-26-10-6-7-13-29(26)43-5)31(25-11-8-12-28(22-25)42-4)45-32(37-35)24-14-16-27(17-15-24)44-21-9-20-39/h6-8,10-17,22,31,36,39H,9,18-21,23H2,1-5H3,(H,38,41)/t31-,35-/m0/s1. The molecule has 0 aliphatic carbocycles. The van der Waals surface area contributed by atoms with E-state index in [2.05, 4.69) is 10.9 Å². The minimum absolute atomic E-state index is 0.00217. The third kappa shape index (κ3) is 8.76. The number of aliphatic hydroxyl groups is 1. The van der Waals surface area contributed by atoms with Crippen molar-refractivity contribution in [2.45, 2.75) is 63.8 Å². The summed E-state index contributed by atoms with van der Waals surface area (Å²) in [7, 11) is 3.15. The van der Waals surface area contributed by atoms with Crippen molar-refractivity contribution in [3.63, 3.8) is 0 Å². The maximum atomic E-state index is 14.3. The summed E-state index contributed by atoms with van der Waals surface area (Å²) in [5.74, 6) is 1.16. The highest BCUT2D eigenvalue weighted by molar-refractivity contribution is 6.01. The zero-order valence-electron chi connectivity index (χ0n) is 27.0. The maximum absolute atomic E-state index is 14.3. The van der Waals surface area contributed by atoms with Crippen LogP contribution in [0.4, 0.5) is 0 Å². The fourth-order valence-corrected chi connectivity index (χ4v) is 5.04. The average molecular weight is 634 g/mol. The van der Waals surface area contributed by atoms with Gasteiger partial charge in [-0.2, -0.15) is 0 Å². The molecule has 11 nitrogen and oxygen atoms in total. The highest BCUT2D eigenvalue weighted by Crippen LogP contribution is 2.44. The Bertz CT molecular complexity index is 1500. The van der Waals surface area contributed by atoms with Crippen molar-refractivity contribution in [1.29, 1.82) is 0 Å². The van der Waals surface area contributed by atoms with Crippen LogP contribution in [-0.4, -0.2) is 61.5 Å². The number of benzene rings is 3. The molecular weight excluding hydrogens is 590 g/mol. The van der Waals surface area contributed by atoms with Gasteiger partial charge >= 0.3 is 5.97 Å². The molecule has 0 aromatic heterocycles. The van der Waals surface area contributed by atoms with Crippen LogP contribution in [0.5, 0.6) is 17.2 Å². The molecule has 1 aliphatic heterocycles. The van der Waals surface area contributed by atoms with E-state index < -0.39 is 29.1 Å². The van der Waals surface area contributed by atoms with Gasteiger partial charge in [-0.25, -0.2) is 10.4 Å². The number of ether oxygens (including phenoxy) is 5. The summed E-state index contributed by atoms with van der Waals surface area (Å²) < 4.78 is 28.7. The lowest BCUT2D eigenvalue weighted by atomic mass is 9.83. The molecule has 0 radical (unpaired) electrons. The summed E-state index contributed by atoms with van der Waals surface area (Å²) in [6.07, 6.45) is -0.485. The van der Waals surface area contributed by atoms with Crippen LogP contribution in [0.15, 0.2) is 77.8 Å². The molecule has 4 rings (SSSR count). The van der Waals surface area contributed by atoms with Gasteiger partial charge in [0, 0.05) is 37.1 Å². The van der Waals surface area contributed by atoms with E-state index in [4.69, 9.17) is 33.8 Å². The maximum Gasteiger partial charge on any atom is 0.306 e. The molecule has 3 aromatic rings. The van der Waals surface area contributed by atoms with Crippen LogP contribution in [0.2, 0.25) is 0 Å². The summed E-state index contributed by atoms with van der Waals surface area (Å²) in [5, 5.41) is 9.05. The lowest BCUT2D eigenvalue weighted by Crippen LogP contribution is -2.52. The Morgan fingerprint density at radius 1 is 0.978 bits per heavy atom. The van der Waals surface area contributed by atoms with Crippen molar-refractivity contribution in [2.24, 2.45) is 4.99 Å². The van der Waals surface area contributed by atoms with Crippen LogP contribution in [0.3, 0.4) is 0 Å². The van der Waals surface area contributed by atoms with Gasteiger partial charge in [-0.05, 0) is 75.2 Å². The molecule has 0 spiro atoms. The summed E-state index contributed by atoms with van der Waals surface area (Å²) >= 11 is 0. The summed E-state index contributed by atoms with van der Waals surface area (Å²) in [5.41, 5.74) is 5.67. The van der Waals surface area contributed by atoms with Gasteiger partial charge in [0.2, 0.25) is 5.90 Å².